The van der Waals surface area contributed by atoms with E-state index in [-0.39, 0.29) is 12.1 Å². The minimum Gasteiger partial charge on any atom is -0.478 e. The van der Waals surface area contributed by atoms with Gasteiger partial charge in [-0.15, -0.1) is 0 Å². The van der Waals surface area contributed by atoms with Crippen LogP contribution in [0.2, 0.25) is 0 Å². The average molecular weight is 307 g/mol. The summed E-state index contributed by atoms with van der Waals surface area (Å²) >= 11 is 1.43. The van der Waals surface area contributed by atoms with E-state index in [1.54, 1.807) is 6.26 Å². The molecule has 1 aromatic carbocycles. The Morgan fingerprint density at radius 2 is 2.00 bits per heavy atom. The summed E-state index contributed by atoms with van der Waals surface area (Å²) in [4.78, 5) is 22.5. The van der Waals surface area contributed by atoms with Crippen LogP contribution in [0.4, 0.5) is 18.9 Å². The van der Waals surface area contributed by atoms with E-state index in [0.717, 1.165) is 12.1 Å². The van der Waals surface area contributed by atoms with Crippen molar-refractivity contribution in [2.75, 3.05) is 17.3 Å². The van der Waals surface area contributed by atoms with Gasteiger partial charge in [0, 0.05) is 12.2 Å². The Balaban J connectivity index is 3.02. The number of benzene rings is 1. The lowest BCUT2D eigenvalue weighted by molar-refractivity contribution is -0.137. The number of aromatic carboxylic acids is 1. The molecule has 0 aliphatic heterocycles. The van der Waals surface area contributed by atoms with Crippen molar-refractivity contribution in [3.8, 4) is 0 Å². The molecule has 0 spiro atoms. The minimum atomic E-state index is -4.63. The first kappa shape index (κ1) is 16.4. The number of carbonyl (C=O) groups is 2. The second-order valence-corrected chi connectivity index (χ2v) is 4.84. The van der Waals surface area contributed by atoms with E-state index in [1.165, 1.54) is 11.8 Å². The lowest BCUT2D eigenvalue weighted by Crippen LogP contribution is -2.16. The van der Waals surface area contributed by atoms with Crippen molar-refractivity contribution in [2.24, 2.45) is 0 Å². The van der Waals surface area contributed by atoms with E-state index in [9.17, 15) is 22.8 Å². The maximum atomic E-state index is 12.5. The molecular weight excluding hydrogens is 295 g/mol. The summed E-state index contributed by atoms with van der Waals surface area (Å²) < 4.78 is 37.5. The van der Waals surface area contributed by atoms with Crippen molar-refractivity contribution < 1.29 is 27.9 Å². The lowest BCUT2D eigenvalue weighted by atomic mass is 10.1. The summed E-state index contributed by atoms with van der Waals surface area (Å²) in [5.41, 5.74) is -1.80. The van der Waals surface area contributed by atoms with Crippen LogP contribution in [0.1, 0.15) is 22.3 Å². The van der Waals surface area contributed by atoms with Crippen LogP contribution in [0.3, 0.4) is 0 Å². The average Bonchev–Trinajstić information content (AvgIpc) is 2.35. The lowest BCUT2D eigenvalue weighted by Gasteiger charge is -2.12. The van der Waals surface area contributed by atoms with Crippen LogP contribution in [-0.4, -0.2) is 29.0 Å². The number of carboxylic acids is 1. The van der Waals surface area contributed by atoms with Crippen molar-refractivity contribution in [3.63, 3.8) is 0 Å². The van der Waals surface area contributed by atoms with Crippen molar-refractivity contribution in [2.45, 2.75) is 12.6 Å². The number of hydrogen-bond acceptors (Lipinski definition) is 3. The van der Waals surface area contributed by atoms with Gasteiger partial charge >= 0.3 is 12.1 Å². The van der Waals surface area contributed by atoms with Gasteiger partial charge in [-0.1, -0.05) is 0 Å². The van der Waals surface area contributed by atoms with Crippen LogP contribution in [-0.2, 0) is 11.0 Å². The van der Waals surface area contributed by atoms with Gasteiger partial charge in [-0.25, -0.2) is 4.79 Å². The third kappa shape index (κ3) is 4.44. The molecule has 0 saturated heterocycles. The predicted molar refractivity (Wildman–Crippen MR) is 70.0 cm³/mol. The maximum absolute atomic E-state index is 12.5. The first-order valence-electron chi connectivity index (χ1n) is 5.49. The molecule has 0 atom stereocenters. The SMILES string of the molecule is CSCCC(=O)Nc1ccc(C(F)(F)F)cc1C(=O)O. The van der Waals surface area contributed by atoms with Gasteiger partial charge in [0.2, 0.25) is 5.91 Å². The van der Waals surface area contributed by atoms with Crippen LogP contribution in [0.5, 0.6) is 0 Å². The Labute approximate surface area is 117 Å². The molecule has 0 fully saturated rings. The van der Waals surface area contributed by atoms with E-state index in [1.807, 2.05) is 0 Å². The van der Waals surface area contributed by atoms with Crippen LogP contribution in [0, 0.1) is 0 Å². The Morgan fingerprint density at radius 1 is 1.35 bits per heavy atom. The Bertz CT molecular complexity index is 517. The third-order valence-electron chi connectivity index (χ3n) is 2.38. The smallest absolute Gasteiger partial charge is 0.416 e. The highest BCUT2D eigenvalue weighted by Gasteiger charge is 2.31. The highest BCUT2D eigenvalue weighted by atomic mass is 32.2. The van der Waals surface area contributed by atoms with E-state index < -0.39 is 29.2 Å². The second-order valence-electron chi connectivity index (χ2n) is 3.85. The van der Waals surface area contributed by atoms with Crippen molar-refractivity contribution >= 4 is 29.3 Å². The van der Waals surface area contributed by atoms with E-state index in [0.29, 0.717) is 11.8 Å². The summed E-state index contributed by atoms with van der Waals surface area (Å²) in [6, 6.07) is 2.19. The number of thioether (sulfide) groups is 1. The molecule has 20 heavy (non-hydrogen) atoms. The van der Waals surface area contributed by atoms with Gasteiger partial charge in [-0.3, -0.25) is 4.79 Å². The fourth-order valence-corrected chi connectivity index (χ4v) is 1.80. The standard InChI is InChI=1S/C12H12F3NO3S/c1-20-5-4-10(17)16-9-3-2-7(12(13,14)15)6-8(9)11(18)19/h2-3,6H,4-5H2,1H3,(H,16,17)(H,18,19). The predicted octanol–water partition coefficient (Wildman–Crippen LogP) is 3.10. The summed E-state index contributed by atoms with van der Waals surface area (Å²) in [7, 11) is 0. The zero-order valence-electron chi connectivity index (χ0n) is 10.5. The van der Waals surface area contributed by atoms with E-state index >= 15 is 0 Å². The first-order chi connectivity index (χ1) is 9.25. The number of nitrogens with one attached hydrogen (secondary N) is 1. The fourth-order valence-electron chi connectivity index (χ4n) is 1.41. The van der Waals surface area contributed by atoms with Crippen LogP contribution < -0.4 is 5.32 Å². The van der Waals surface area contributed by atoms with Crippen molar-refractivity contribution in [1.82, 2.24) is 0 Å². The molecule has 0 aliphatic carbocycles. The van der Waals surface area contributed by atoms with Crippen molar-refractivity contribution in [3.05, 3.63) is 29.3 Å². The molecule has 0 radical (unpaired) electrons. The molecule has 0 unspecified atom stereocenters. The van der Waals surface area contributed by atoms with Gasteiger partial charge in [0.15, 0.2) is 0 Å². The Kier molecular flexibility index (Phi) is 5.43. The molecule has 8 heteroatoms. The Morgan fingerprint density at radius 3 is 2.50 bits per heavy atom. The zero-order valence-corrected chi connectivity index (χ0v) is 11.3. The molecule has 110 valence electrons. The molecule has 4 nitrogen and oxygen atoms in total. The third-order valence-corrected chi connectivity index (χ3v) is 3.00. The largest absolute Gasteiger partial charge is 0.478 e. The molecule has 1 rings (SSSR count). The maximum Gasteiger partial charge on any atom is 0.416 e. The fraction of sp³-hybridized carbons (Fsp3) is 0.333. The molecule has 0 bridgehead atoms. The number of carboxylic acid groups (broad SMARTS) is 1. The monoisotopic (exact) mass is 307 g/mol. The number of halogens is 3. The molecule has 0 aromatic heterocycles. The van der Waals surface area contributed by atoms with Gasteiger partial charge < -0.3 is 10.4 Å². The summed E-state index contributed by atoms with van der Waals surface area (Å²) in [6.07, 6.45) is -2.68. The van der Waals surface area contributed by atoms with Gasteiger partial charge in [-0.2, -0.15) is 24.9 Å². The molecular formula is C12H12F3NO3S. The molecule has 1 aromatic rings. The zero-order chi connectivity index (χ0) is 15.3. The van der Waals surface area contributed by atoms with Crippen LogP contribution in [0.25, 0.3) is 0 Å². The minimum absolute atomic E-state index is 0.142. The molecule has 0 aliphatic rings. The molecule has 0 heterocycles. The normalized spacial score (nSPS) is 11.2. The highest BCUT2D eigenvalue weighted by molar-refractivity contribution is 7.98. The van der Waals surface area contributed by atoms with Gasteiger partial charge in [-0.05, 0) is 24.5 Å². The topological polar surface area (TPSA) is 66.4 Å². The van der Waals surface area contributed by atoms with Gasteiger partial charge in [0.05, 0.1) is 16.8 Å². The van der Waals surface area contributed by atoms with Gasteiger partial charge in [0.25, 0.3) is 0 Å². The number of hydrogen-bond donors (Lipinski definition) is 2. The summed E-state index contributed by atoms with van der Waals surface area (Å²) in [6.45, 7) is 0. The first-order valence-corrected chi connectivity index (χ1v) is 6.88. The van der Waals surface area contributed by atoms with Gasteiger partial charge in [0.1, 0.15) is 0 Å². The summed E-state index contributed by atoms with van der Waals surface area (Å²) in [5, 5.41) is 11.2. The summed E-state index contributed by atoms with van der Waals surface area (Å²) in [5.74, 6) is -1.44. The highest BCUT2D eigenvalue weighted by Crippen LogP contribution is 2.31. The number of alkyl halides is 3. The molecule has 0 saturated carbocycles. The Hall–Kier alpha value is -1.70. The number of carbonyl (C=O) groups excluding carboxylic acids is 1. The number of rotatable bonds is 5. The number of amides is 1. The van der Waals surface area contributed by atoms with Crippen LogP contribution in [0.15, 0.2) is 18.2 Å². The number of anilines is 1. The second kappa shape index (κ2) is 6.65. The van der Waals surface area contributed by atoms with E-state index in [4.69, 9.17) is 5.11 Å². The quantitative estimate of drug-likeness (QED) is 0.877. The van der Waals surface area contributed by atoms with Crippen molar-refractivity contribution in [1.29, 1.82) is 0 Å². The van der Waals surface area contributed by atoms with Crippen LogP contribution >= 0.6 is 11.8 Å². The molecule has 1 amide bonds. The van der Waals surface area contributed by atoms with E-state index in [2.05, 4.69) is 5.32 Å². The molecule has 2 N–H and O–H groups in total.